The zero-order valence-corrected chi connectivity index (χ0v) is 26.0. The number of amides is 2. The Balaban J connectivity index is 1.82. The third-order valence-corrected chi connectivity index (χ3v) is 7.06. The number of hydrogen-bond donors (Lipinski definition) is 2. The second-order valence-electron chi connectivity index (χ2n) is 11.7. The zero-order chi connectivity index (χ0) is 32.4. The third kappa shape index (κ3) is 6.38. The number of aldehydes is 1. The van der Waals surface area contributed by atoms with Crippen molar-refractivity contribution in [1.82, 2.24) is 29.3 Å². The number of fused-ring (bicyclic) bond motifs is 1. The van der Waals surface area contributed by atoms with Crippen LogP contribution in [0.4, 0.5) is 10.6 Å². The average molecular weight is 607 g/mol. The summed E-state index contributed by atoms with van der Waals surface area (Å²) in [6.07, 6.45) is 2.73. The Kier molecular flexibility index (Phi) is 9.03. The molecule has 2 aromatic heterocycles. The molecule has 3 heterocycles. The standard InChI is InChI=1S/C30H38N8O6/c1-29(2,3)44-28(41)37-15-21(13-30(37,17-39)38(32)24(40)16-35(4)5)36-14-20(25-26(31)33-18-34-27(25)36)9-8-19-10-22(42-6)12-23(11-19)43-7/h10-12,14,17-18,21H,13,15-16,32H2,1-7H3,(H2,31,33,34)/t21-,30-/m0/s1. The number of carbonyl (C=O) groups is 3. The predicted molar refractivity (Wildman–Crippen MR) is 162 cm³/mol. The number of methoxy groups -OCH3 is 2. The van der Waals surface area contributed by atoms with Crippen molar-refractivity contribution >= 4 is 35.1 Å². The first-order valence-electron chi connectivity index (χ1n) is 13.8. The first-order chi connectivity index (χ1) is 20.7. The number of carbonyl (C=O) groups excluding carboxylic acids is 3. The number of likely N-dealkylation sites (tertiary alicyclic amines) is 1. The molecule has 14 nitrogen and oxygen atoms in total. The van der Waals surface area contributed by atoms with E-state index < -0.39 is 29.3 Å². The fraction of sp³-hybridized carbons (Fsp3) is 0.433. The van der Waals surface area contributed by atoms with Gasteiger partial charge < -0.3 is 29.4 Å². The van der Waals surface area contributed by atoms with Gasteiger partial charge in [-0.15, -0.1) is 0 Å². The van der Waals surface area contributed by atoms with Gasteiger partial charge in [-0.3, -0.25) is 14.5 Å². The Labute approximate surface area is 255 Å². The minimum absolute atomic E-state index is 0.0236. The number of hydrogen-bond acceptors (Lipinski definition) is 11. The average Bonchev–Trinajstić information content (AvgIpc) is 3.54. The maximum atomic E-state index is 13.5. The van der Waals surface area contributed by atoms with Crippen molar-refractivity contribution in [2.45, 2.75) is 44.5 Å². The molecule has 0 radical (unpaired) electrons. The van der Waals surface area contributed by atoms with E-state index >= 15 is 0 Å². The van der Waals surface area contributed by atoms with E-state index in [2.05, 4.69) is 21.8 Å². The van der Waals surface area contributed by atoms with E-state index in [-0.39, 0.29) is 25.3 Å². The maximum Gasteiger partial charge on any atom is 0.412 e. The lowest BCUT2D eigenvalue weighted by molar-refractivity contribution is -0.151. The predicted octanol–water partition coefficient (Wildman–Crippen LogP) is 1.77. The summed E-state index contributed by atoms with van der Waals surface area (Å²) in [5, 5.41) is 1.31. The lowest BCUT2D eigenvalue weighted by Gasteiger charge is -2.40. The molecule has 0 aliphatic carbocycles. The molecule has 0 saturated carbocycles. The molecular formula is C30H38N8O6. The summed E-state index contributed by atoms with van der Waals surface area (Å²) >= 11 is 0. The Morgan fingerprint density at radius 3 is 2.36 bits per heavy atom. The molecule has 44 heavy (non-hydrogen) atoms. The van der Waals surface area contributed by atoms with Crippen molar-refractivity contribution in [3.05, 3.63) is 41.9 Å². The van der Waals surface area contributed by atoms with Gasteiger partial charge >= 0.3 is 6.09 Å². The molecule has 1 fully saturated rings. The van der Waals surface area contributed by atoms with E-state index in [4.69, 9.17) is 25.8 Å². The Hall–Kier alpha value is -4.87. The van der Waals surface area contributed by atoms with Gasteiger partial charge in [0.15, 0.2) is 11.9 Å². The van der Waals surface area contributed by atoms with Crippen LogP contribution in [-0.4, -0.2) is 100 Å². The van der Waals surface area contributed by atoms with E-state index in [1.54, 1.807) is 82.9 Å². The maximum absolute atomic E-state index is 13.5. The number of nitrogens with zero attached hydrogens (tertiary/aromatic N) is 6. The molecule has 1 aliphatic heterocycles. The molecule has 2 atom stereocenters. The van der Waals surface area contributed by atoms with Crippen LogP contribution >= 0.6 is 0 Å². The number of likely N-dealkylation sites (N-methyl/N-ethyl adjacent to an activating group) is 1. The summed E-state index contributed by atoms with van der Waals surface area (Å²) in [6, 6.07) is 4.70. The quantitative estimate of drug-likeness (QED) is 0.132. The highest BCUT2D eigenvalue weighted by Crippen LogP contribution is 2.40. The van der Waals surface area contributed by atoms with Gasteiger partial charge in [-0.2, -0.15) is 0 Å². The first kappa shape index (κ1) is 32.1. The van der Waals surface area contributed by atoms with Gasteiger partial charge in [0.2, 0.25) is 0 Å². The highest BCUT2D eigenvalue weighted by molar-refractivity contribution is 5.93. The molecule has 234 valence electrons. The molecule has 4 rings (SSSR count). The largest absolute Gasteiger partial charge is 0.497 e. The fourth-order valence-corrected chi connectivity index (χ4v) is 5.09. The second kappa shape index (κ2) is 12.4. The SMILES string of the molecule is COc1cc(C#Cc2cn([C@@H]3CN(C(=O)OC(C)(C)C)[C@](C=O)(N(N)C(=O)CN(C)C)C3)c3ncnc(N)c23)cc(OC)c1. The number of ether oxygens (including phenoxy) is 3. The van der Waals surface area contributed by atoms with Crippen molar-refractivity contribution in [2.75, 3.05) is 47.1 Å². The summed E-state index contributed by atoms with van der Waals surface area (Å²) in [5.74, 6) is 13.4. The minimum Gasteiger partial charge on any atom is -0.497 e. The van der Waals surface area contributed by atoms with E-state index in [0.717, 1.165) is 5.01 Å². The number of anilines is 1. The van der Waals surface area contributed by atoms with Crippen LogP contribution in [0.5, 0.6) is 11.5 Å². The zero-order valence-electron chi connectivity index (χ0n) is 26.0. The van der Waals surface area contributed by atoms with Crippen LogP contribution in [0.2, 0.25) is 0 Å². The Morgan fingerprint density at radius 2 is 1.80 bits per heavy atom. The smallest absolute Gasteiger partial charge is 0.412 e. The van der Waals surface area contributed by atoms with Gasteiger partial charge in [0.25, 0.3) is 5.91 Å². The van der Waals surface area contributed by atoms with Crippen molar-refractivity contribution < 1.29 is 28.6 Å². The summed E-state index contributed by atoms with van der Waals surface area (Å²) in [7, 11) is 6.50. The number of nitrogen functional groups attached to an aromatic ring is 1. The lowest BCUT2D eigenvalue weighted by Crippen LogP contribution is -2.66. The monoisotopic (exact) mass is 606 g/mol. The van der Waals surface area contributed by atoms with Gasteiger partial charge in [-0.1, -0.05) is 11.8 Å². The Morgan fingerprint density at radius 1 is 1.14 bits per heavy atom. The molecule has 0 spiro atoms. The fourth-order valence-electron chi connectivity index (χ4n) is 5.09. The van der Waals surface area contributed by atoms with Crippen LogP contribution in [0, 0.1) is 11.8 Å². The Bertz CT molecular complexity index is 1610. The van der Waals surface area contributed by atoms with Crippen LogP contribution in [0.15, 0.2) is 30.7 Å². The molecule has 4 N–H and O–H groups in total. The van der Waals surface area contributed by atoms with Crippen LogP contribution < -0.4 is 21.1 Å². The van der Waals surface area contributed by atoms with E-state index in [1.165, 1.54) is 11.2 Å². The van der Waals surface area contributed by atoms with Crippen molar-refractivity contribution in [3.8, 4) is 23.3 Å². The summed E-state index contributed by atoms with van der Waals surface area (Å²) in [4.78, 5) is 50.9. The number of nitrogens with two attached hydrogens (primary N) is 2. The van der Waals surface area contributed by atoms with Crippen LogP contribution in [-0.2, 0) is 14.3 Å². The van der Waals surface area contributed by atoms with E-state index in [0.29, 0.717) is 39.9 Å². The molecule has 14 heteroatoms. The molecule has 1 aliphatic rings. The van der Waals surface area contributed by atoms with Gasteiger partial charge in [0.1, 0.15) is 34.9 Å². The van der Waals surface area contributed by atoms with Gasteiger partial charge in [0.05, 0.1) is 37.8 Å². The van der Waals surface area contributed by atoms with E-state index in [9.17, 15) is 14.4 Å². The van der Waals surface area contributed by atoms with Crippen molar-refractivity contribution in [1.29, 1.82) is 0 Å². The molecular weight excluding hydrogens is 568 g/mol. The second-order valence-corrected chi connectivity index (χ2v) is 11.7. The number of aromatic nitrogens is 3. The molecule has 2 amide bonds. The van der Waals surface area contributed by atoms with Crippen LogP contribution in [0.25, 0.3) is 11.0 Å². The van der Waals surface area contributed by atoms with Crippen LogP contribution in [0.3, 0.4) is 0 Å². The minimum atomic E-state index is -1.84. The number of hydrazine groups is 1. The van der Waals surface area contributed by atoms with Gasteiger partial charge in [0, 0.05) is 30.8 Å². The van der Waals surface area contributed by atoms with Gasteiger partial charge in [-0.05, 0) is 47.0 Å². The summed E-state index contributed by atoms with van der Waals surface area (Å²) in [5.41, 5.74) is 5.17. The lowest BCUT2D eigenvalue weighted by atomic mass is 10.1. The highest BCUT2D eigenvalue weighted by atomic mass is 16.6. The van der Waals surface area contributed by atoms with Crippen molar-refractivity contribution in [3.63, 3.8) is 0 Å². The third-order valence-electron chi connectivity index (χ3n) is 7.06. The highest BCUT2D eigenvalue weighted by Gasteiger charge is 2.55. The van der Waals surface area contributed by atoms with E-state index in [1.807, 2.05) is 0 Å². The number of benzene rings is 1. The summed E-state index contributed by atoms with van der Waals surface area (Å²) < 4.78 is 18.1. The van der Waals surface area contributed by atoms with Crippen LogP contribution in [0.1, 0.15) is 44.4 Å². The molecule has 0 unspecified atom stereocenters. The van der Waals surface area contributed by atoms with Crippen molar-refractivity contribution in [2.24, 2.45) is 5.84 Å². The molecule has 1 aromatic carbocycles. The first-order valence-corrected chi connectivity index (χ1v) is 13.8. The normalized spacial score (nSPS) is 18.1. The topological polar surface area (TPSA) is 171 Å². The molecule has 3 aromatic rings. The van der Waals surface area contributed by atoms with Gasteiger partial charge in [-0.25, -0.2) is 25.6 Å². The summed E-state index contributed by atoms with van der Waals surface area (Å²) in [6.45, 7) is 5.02. The number of rotatable bonds is 7. The molecule has 1 saturated heterocycles. The molecule has 0 bridgehead atoms.